The fourth-order valence-electron chi connectivity index (χ4n) is 1.94. The molecule has 0 amide bonds. The Morgan fingerprint density at radius 3 is 2.95 bits per heavy atom. The number of fused-ring (bicyclic) bond motifs is 1. The van der Waals surface area contributed by atoms with Crippen LogP contribution in [0.4, 0.5) is 0 Å². The molecule has 0 saturated heterocycles. The summed E-state index contributed by atoms with van der Waals surface area (Å²) >= 11 is 3.58. The lowest BCUT2D eigenvalue weighted by atomic mass is 10.3. The number of thiazole rings is 1. The van der Waals surface area contributed by atoms with E-state index in [-0.39, 0.29) is 0 Å². The van der Waals surface area contributed by atoms with Crippen molar-refractivity contribution < 1.29 is 0 Å². The summed E-state index contributed by atoms with van der Waals surface area (Å²) < 4.78 is 4.39. The summed E-state index contributed by atoms with van der Waals surface area (Å²) in [6.07, 6.45) is 3.98. The third-order valence-electron chi connectivity index (χ3n) is 2.78. The van der Waals surface area contributed by atoms with Crippen LogP contribution in [-0.4, -0.2) is 20.0 Å². The topological polar surface area (TPSA) is 30.7 Å². The minimum atomic E-state index is 0.458. The SMILES string of the molecule is Cc1cnn(CC(C)Sc2nc3ccccc3s2)c1. The van der Waals surface area contributed by atoms with Gasteiger partial charge in [-0.05, 0) is 24.6 Å². The molecule has 0 fully saturated rings. The molecule has 2 aromatic heterocycles. The Morgan fingerprint density at radius 2 is 2.21 bits per heavy atom. The van der Waals surface area contributed by atoms with Gasteiger partial charge in [-0.25, -0.2) is 4.98 Å². The summed E-state index contributed by atoms with van der Waals surface area (Å²) in [7, 11) is 0. The van der Waals surface area contributed by atoms with E-state index in [2.05, 4.69) is 48.3 Å². The van der Waals surface area contributed by atoms with Crippen LogP contribution in [0.2, 0.25) is 0 Å². The van der Waals surface area contributed by atoms with Gasteiger partial charge >= 0.3 is 0 Å². The standard InChI is InChI=1S/C14H15N3S2/c1-10-7-15-17(8-10)9-11(2)18-14-16-12-5-3-4-6-13(12)19-14/h3-8,11H,9H2,1-2H3. The molecule has 0 spiro atoms. The zero-order chi connectivity index (χ0) is 13.2. The van der Waals surface area contributed by atoms with Gasteiger partial charge in [0.05, 0.1) is 23.0 Å². The Kier molecular flexibility index (Phi) is 3.57. The Labute approximate surface area is 120 Å². The molecular weight excluding hydrogens is 274 g/mol. The van der Waals surface area contributed by atoms with Crippen LogP contribution < -0.4 is 0 Å². The second-order valence-electron chi connectivity index (χ2n) is 4.62. The average Bonchev–Trinajstić information content (AvgIpc) is 2.94. The van der Waals surface area contributed by atoms with Crippen LogP contribution in [-0.2, 0) is 6.54 Å². The summed E-state index contributed by atoms with van der Waals surface area (Å²) in [5, 5.41) is 4.78. The maximum atomic E-state index is 4.65. The lowest BCUT2D eigenvalue weighted by Crippen LogP contribution is -2.09. The Hall–Kier alpha value is -1.33. The molecule has 0 radical (unpaired) electrons. The summed E-state index contributed by atoms with van der Waals surface area (Å²) in [6, 6.07) is 8.29. The van der Waals surface area contributed by atoms with E-state index in [1.165, 1.54) is 10.3 Å². The molecule has 0 N–H and O–H groups in total. The van der Waals surface area contributed by atoms with Crippen molar-refractivity contribution in [2.45, 2.75) is 30.0 Å². The predicted octanol–water partition coefficient (Wildman–Crippen LogP) is 3.98. The van der Waals surface area contributed by atoms with Crippen molar-refractivity contribution in [3.05, 3.63) is 42.2 Å². The highest BCUT2D eigenvalue weighted by Gasteiger charge is 2.10. The number of hydrogen-bond acceptors (Lipinski definition) is 4. The molecular formula is C14H15N3S2. The highest BCUT2D eigenvalue weighted by atomic mass is 32.2. The zero-order valence-corrected chi connectivity index (χ0v) is 12.5. The Balaban J connectivity index is 1.70. The monoisotopic (exact) mass is 289 g/mol. The molecule has 3 aromatic rings. The van der Waals surface area contributed by atoms with Crippen molar-refractivity contribution in [3.63, 3.8) is 0 Å². The van der Waals surface area contributed by atoms with Crippen LogP contribution in [0.1, 0.15) is 12.5 Å². The van der Waals surface area contributed by atoms with Gasteiger partial charge in [0.1, 0.15) is 0 Å². The molecule has 0 aliphatic heterocycles. The predicted molar refractivity (Wildman–Crippen MR) is 81.9 cm³/mol. The molecule has 2 heterocycles. The molecule has 3 nitrogen and oxygen atoms in total. The smallest absolute Gasteiger partial charge is 0.151 e. The van der Waals surface area contributed by atoms with Gasteiger partial charge in [0.25, 0.3) is 0 Å². The number of aromatic nitrogens is 3. The molecule has 0 bridgehead atoms. The third kappa shape index (κ3) is 2.98. The molecule has 3 rings (SSSR count). The highest BCUT2D eigenvalue weighted by molar-refractivity contribution is 8.01. The van der Waals surface area contributed by atoms with Crippen LogP contribution >= 0.6 is 23.1 Å². The van der Waals surface area contributed by atoms with E-state index in [0.29, 0.717) is 5.25 Å². The number of nitrogens with zero attached hydrogens (tertiary/aromatic N) is 3. The molecule has 98 valence electrons. The quantitative estimate of drug-likeness (QED) is 0.681. The third-order valence-corrected chi connectivity index (χ3v) is 5.00. The molecule has 0 aliphatic rings. The zero-order valence-electron chi connectivity index (χ0n) is 10.9. The minimum Gasteiger partial charge on any atom is -0.271 e. The van der Waals surface area contributed by atoms with Gasteiger partial charge < -0.3 is 0 Å². The van der Waals surface area contributed by atoms with Gasteiger partial charge in [-0.2, -0.15) is 5.10 Å². The first kappa shape index (κ1) is 12.7. The van der Waals surface area contributed by atoms with Gasteiger partial charge in [-0.1, -0.05) is 30.8 Å². The maximum absolute atomic E-state index is 4.65. The average molecular weight is 289 g/mol. The van der Waals surface area contributed by atoms with Crippen LogP contribution in [0.25, 0.3) is 10.2 Å². The van der Waals surface area contributed by atoms with Crippen LogP contribution in [0.3, 0.4) is 0 Å². The maximum Gasteiger partial charge on any atom is 0.151 e. The molecule has 1 aromatic carbocycles. The molecule has 0 aliphatic carbocycles. The van der Waals surface area contributed by atoms with Gasteiger partial charge in [0.2, 0.25) is 0 Å². The lowest BCUT2D eigenvalue weighted by Gasteiger charge is -2.08. The number of rotatable bonds is 4. The van der Waals surface area contributed by atoms with E-state index >= 15 is 0 Å². The van der Waals surface area contributed by atoms with Gasteiger partial charge in [0, 0.05) is 11.4 Å². The second-order valence-corrected chi connectivity index (χ2v) is 7.33. The summed E-state index contributed by atoms with van der Waals surface area (Å²) in [6.45, 7) is 5.19. The van der Waals surface area contributed by atoms with Crippen LogP contribution in [0, 0.1) is 6.92 Å². The van der Waals surface area contributed by atoms with E-state index < -0.39 is 0 Å². The molecule has 0 saturated carbocycles. The van der Waals surface area contributed by atoms with E-state index in [1.54, 1.807) is 11.3 Å². The van der Waals surface area contributed by atoms with E-state index in [4.69, 9.17) is 0 Å². The Morgan fingerprint density at radius 1 is 1.37 bits per heavy atom. The minimum absolute atomic E-state index is 0.458. The fraction of sp³-hybridized carbons (Fsp3) is 0.286. The summed E-state index contributed by atoms with van der Waals surface area (Å²) in [5.41, 5.74) is 2.30. The van der Waals surface area contributed by atoms with Crippen molar-refractivity contribution in [2.75, 3.05) is 0 Å². The number of aryl methyl sites for hydroxylation is 1. The normalized spacial score (nSPS) is 12.9. The van der Waals surface area contributed by atoms with Gasteiger partial charge in [-0.15, -0.1) is 11.3 Å². The molecule has 5 heteroatoms. The van der Waals surface area contributed by atoms with Gasteiger partial charge in [-0.3, -0.25) is 4.68 Å². The van der Waals surface area contributed by atoms with E-state index in [1.807, 2.05) is 28.7 Å². The number of benzene rings is 1. The number of hydrogen-bond donors (Lipinski definition) is 0. The molecule has 19 heavy (non-hydrogen) atoms. The van der Waals surface area contributed by atoms with E-state index in [0.717, 1.165) is 16.4 Å². The fourth-order valence-corrected chi connectivity index (χ4v) is 4.32. The van der Waals surface area contributed by atoms with E-state index in [9.17, 15) is 0 Å². The van der Waals surface area contributed by atoms with Crippen molar-refractivity contribution in [2.24, 2.45) is 0 Å². The van der Waals surface area contributed by atoms with Crippen molar-refractivity contribution in [1.29, 1.82) is 0 Å². The van der Waals surface area contributed by atoms with Crippen molar-refractivity contribution in [3.8, 4) is 0 Å². The largest absolute Gasteiger partial charge is 0.271 e. The number of thioether (sulfide) groups is 1. The Bertz CT molecular complexity index is 654. The lowest BCUT2D eigenvalue weighted by molar-refractivity contribution is 0.612. The highest BCUT2D eigenvalue weighted by Crippen LogP contribution is 2.32. The second kappa shape index (κ2) is 5.35. The van der Waals surface area contributed by atoms with Crippen molar-refractivity contribution >= 4 is 33.3 Å². The molecule has 1 atom stereocenters. The van der Waals surface area contributed by atoms with Crippen LogP contribution in [0.5, 0.6) is 0 Å². The van der Waals surface area contributed by atoms with Crippen molar-refractivity contribution in [1.82, 2.24) is 14.8 Å². The summed E-state index contributed by atoms with van der Waals surface area (Å²) in [4.78, 5) is 4.65. The summed E-state index contributed by atoms with van der Waals surface area (Å²) in [5.74, 6) is 0. The number of para-hydroxylation sites is 1. The first-order valence-corrected chi connectivity index (χ1v) is 7.91. The molecule has 1 unspecified atom stereocenters. The van der Waals surface area contributed by atoms with Crippen LogP contribution in [0.15, 0.2) is 41.0 Å². The first-order valence-electron chi connectivity index (χ1n) is 6.22. The first-order chi connectivity index (χ1) is 9.20. The van der Waals surface area contributed by atoms with Gasteiger partial charge in [0.15, 0.2) is 4.34 Å².